The minimum Gasteiger partial charge on any atom is -0.468 e. The van der Waals surface area contributed by atoms with E-state index in [9.17, 15) is 4.79 Å². The largest absolute Gasteiger partial charge is 0.468 e. The number of methoxy groups -OCH3 is 1. The molecule has 2 aliphatic carbocycles. The number of piperazine rings is 1. The molecule has 2 unspecified atom stereocenters. The zero-order valence-electron chi connectivity index (χ0n) is 13.2. The summed E-state index contributed by atoms with van der Waals surface area (Å²) in [4.78, 5) is 17.1. The average Bonchev–Trinajstić information content (AvgIpc) is 3.29. The van der Waals surface area contributed by atoms with Gasteiger partial charge in [0.15, 0.2) is 0 Å². The summed E-state index contributed by atoms with van der Waals surface area (Å²) >= 11 is 0. The van der Waals surface area contributed by atoms with Gasteiger partial charge in [0.2, 0.25) is 0 Å². The van der Waals surface area contributed by atoms with Gasteiger partial charge in [-0.1, -0.05) is 6.42 Å². The summed E-state index contributed by atoms with van der Waals surface area (Å²) in [7, 11) is 1.45. The lowest BCUT2D eigenvalue weighted by Crippen LogP contribution is -2.53. The normalized spacial score (nSPS) is 35.0. The highest BCUT2D eigenvalue weighted by atomic mass is 16.5. The van der Waals surface area contributed by atoms with Crippen molar-refractivity contribution in [2.45, 2.75) is 50.1 Å². The van der Waals surface area contributed by atoms with Crippen molar-refractivity contribution in [2.75, 3.05) is 39.8 Å². The number of nitrogens with two attached hydrogens (primary N) is 1. The monoisotopic (exact) mass is 295 g/mol. The molecule has 2 atom stereocenters. The summed E-state index contributed by atoms with van der Waals surface area (Å²) < 4.78 is 4.92. The third-order valence-corrected chi connectivity index (χ3v) is 5.70. The summed E-state index contributed by atoms with van der Waals surface area (Å²) in [5.41, 5.74) is 5.61. The minimum atomic E-state index is -0.732. The maximum atomic E-state index is 12.0. The van der Waals surface area contributed by atoms with Crippen molar-refractivity contribution in [3.63, 3.8) is 0 Å². The number of hydrogen-bond donors (Lipinski definition) is 1. The molecule has 1 aliphatic heterocycles. The zero-order chi connectivity index (χ0) is 14.9. The van der Waals surface area contributed by atoms with Gasteiger partial charge in [0.25, 0.3) is 0 Å². The Morgan fingerprint density at radius 3 is 2.57 bits per heavy atom. The fourth-order valence-electron chi connectivity index (χ4n) is 4.09. The summed E-state index contributed by atoms with van der Waals surface area (Å²) in [5.74, 6) is 0.0648. The molecule has 0 radical (unpaired) electrons. The van der Waals surface area contributed by atoms with Gasteiger partial charge in [0, 0.05) is 32.2 Å². The van der Waals surface area contributed by atoms with Crippen LogP contribution in [0, 0.1) is 5.92 Å². The van der Waals surface area contributed by atoms with Crippen LogP contribution in [0.3, 0.4) is 0 Å². The van der Waals surface area contributed by atoms with E-state index in [1.54, 1.807) is 0 Å². The molecule has 1 saturated heterocycles. The van der Waals surface area contributed by atoms with Gasteiger partial charge in [-0.15, -0.1) is 0 Å². The van der Waals surface area contributed by atoms with Crippen LogP contribution in [-0.2, 0) is 9.53 Å². The molecule has 3 fully saturated rings. The third-order valence-electron chi connectivity index (χ3n) is 5.70. The van der Waals surface area contributed by atoms with E-state index in [1.807, 2.05) is 0 Å². The lowest BCUT2D eigenvalue weighted by molar-refractivity contribution is -0.148. The minimum absolute atomic E-state index is 0.219. The molecule has 0 aromatic heterocycles. The fraction of sp³-hybridized carbons (Fsp3) is 0.938. The van der Waals surface area contributed by atoms with Gasteiger partial charge in [-0.2, -0.15) is 0 Å². The Morgan fingerprint density at radius 2 is 1.95 bits per heavy atom. The summed E-state index contributed by atoms with van der Waals surface area (Å²) in [6.07, 6.45) is 6.71. The van der Waals surface area contributed by atoms with Crippen LogP contribution in [0.1, 0.15) is 38.5 Å². The molecule has 0 aromatic rings. The zero-order valence-corrected chi connectivity index (χ0v) is 13.2. The van der Waals surface area contributed by atoms with Crippen LogP contribution in [-0.4, -0.2) is 67.2 Å². The summed E-state index contributed by atoms with van der Waals surface area (Å²) in [5, 5.41) is 0. The van der Waals surface area contributed by atoms with Crippen molar-refractivity contribution in [3.8, 4) is 0 Å². The Kier molecular flexibility index (Phi) is 4.52. The van der Waals surface area contributed by atoms with Crippen LogP contribution in [0.2, 0.25) is 0 Å². The second kappa shape index (κ2) is 6.23. The molecule has 21 heavy (non-hydrogen) atoms. The van der Waals surface area contributed by atoms with E-state index in [0.29, 0.717) is 0 Å². The molecule has 5 heteroatoms. The highest BCUT2D eigenvalue weighted by Gasteiger charge is 2.46. The number of carbonyl (C=O) groups is 1. The first-order chi connectivity index (χ1) is 10.1. The molecule has 1 heterocycles. The van der Waals surface area contributed by atoms with Crippen LogP contribution < -0.4 is 5.73 Å². The van der Waals surface area contributed by atoms with E-state index in [4.69, 9.17) is 10.5 Å². The van der Waals surface area contributed by atoms with Crippen LogP contribution in [0.5, 0.6) is 0 Å². The van der Waals surface area contributed by atoms with Gasteiger partial charge >= 0.3 is 5.97 Å². The van der Waals surface area contributed by atoms with Crippen molar-refractivity contribution in [1.29, 1.82) is 0 Å². The van der Waals surface area contributed by atoms with Gasteiger partial charge in [0.1, 0.15) is 5.54 Å². The number of esters is 1. The quantitative estimate of drug-likeness (QED) is 0.761. The molecule has 3 aliphatic rings. The molecule has 3 rings (SSSR count). The standard InChI is InChI=1S/C16H29N3O2/c1-21-15(20)16(17)7-2-3-13(16)6-8-18-9-11-19(12-10-18)14-4-5-14/h13-14H,2-12,17H2,1H3. The number of rotatable bonds is 5. The Bertz CT molecular complexity index is 378. The summed E-state index contributed by atoms with van der Waals surface area (Å²) in [6.45, 7) is 5.82. The molecule has 2 saturated carbocycles. The molecule has 2 N–H and O–H groups in total. The van der Waals surface area contributed by atoms with Gasteiger partial charge in [-0.25, -0.2) is 0 Å². The molecule has 0 aromatic carbocycles. The van der Waals surface area contributed by atoms with E-state index in [-0.39, 0.29) is 11.9 Å². The van der Waals surface area contributed by atoms with E-state index in [0.717, 1.165) is 38.3 Å². The lowest BCUT2D eigenvalue weighted by atomic mass is 9.85. The van der Waals surface area contributed by atoms with E-state index >= 15 is 0 Å². The Balaban J connectivity index is 1.45. The van der Waals surface area contributed by atoms with E-state index in [2.05, 4.69) is 9.80 Å². The smallest absolute Gasteiger partial charge is 0.326 e. The first kappa shape index (κ1) is 15.3. The Hall–Kier alpha value is -0.650. The van der Waals surface area contributed by atoms with E-state index < -0.39 is 5.54 Å². The van der Waals surface area contributed by atoms with E-state index in [1.165, 1.54) is 46.1 Å². The van der Waals surface area contributed by atoms with Crippen molar-refractivity contribution in [1.82, 2.24) is 9.80 Å². The van der Waals surface area contributed by atoms with Gasteiger partial charge < -0.3 is 15.4 Å². The molecular formula is C16H29N3O2. The van der Waals surface area contributed by atoms with Crippen molar-refractivity contribution in [2.24, 2.45) is 11.7 Å². The van der Waals surface area contributed by atoms with Crippen molar-refractivity contribution in [3.05, 3.63) is 0 Å². The second-order valence-electron chi connectivity index (χ2n) is 7.02. The van der Waals surface area contributed by atoms with Crippen LogP contribution in [0.4, 0.5) is 0 Å². The van der Waals surface area contributed by atoms with Crippen LogP contribution >= 0.6 is 0 Å². The highest BCUT2D eigenvalue weighted by molar-refractivity contribution is 5.81. The molecule has 5 nitrogen and oxygen atoms in total. The Morgan fingerprint density at radius 1 is 1.24 bits per heavy atom. The molecule has 0 bridgehead atoms. The predicted molar refractivity (Wildman–Crippen MR) is 81.9 cm³/mol. The topological polar surface area (TPSA) is 58.8 Å². The first-order valence-electron chi connectivity index (χ1n) is 8.47. The summed E-state index contributed by atoms with van der Waals surface area (Å²) in [6, 6.07) is 0.887. The van der Waals surface area contributed by atoms with Crippen molar-refractivity contribution < 1.29 is 9.53 Å². The fourth-order valence-corrected chi connectivity index (χ4v) is 4.09. The Labute approximate surface area is 127 Å². The van der Waals surface area contributed by atoms with Gasteiger partial charge in [-0.3, -0.25) is 9.69 Å². The predicted octanol–water partition coefficient (Wildman–Crippen LogP) is 0.827. The third kappa shape index (κ3) is 3.25. The highest BCUT2D eigenvalue weighted by Crippen LogP contribution is 2.37. The number of ether oxygens (including phenoxy) is 1. The average molecular weight is 295 g/mol. The molecule has 0 amide bonds. The molecular weight excluding hydrogens is 266 g/mol. The second-order valence-corrected chi connectivity index (χ2v) is 7.02. The van der Waals surface area contributed by atoms with Gasteiger partial charge in [0.05, 0.1) is 7.11 Å². The van der Waals surface area contributed by atoms with Crippen molar-refractivity contribution >= 4 is 5.97 Å². The first-order valence-corrected chi connectivity index (χ1v) is 8.47. The van der Waals surface area contributed by atoms with Crippen LogP contribution in [0.15, 0.2) is 0 Å². The number of hydrogen-bond acceptors (Lipinski definition) is 5. The van der Waals surface area contributed by atoms with Gasteiger partial charge in [-0.05, 0) is 44.6 Å². The lowest BCUT2D eigenvalue weighted by Gasteiger charge is -2.36. The molecule has 0 spiro atoms. The molecule has 120 valence electrons. The maximum Gasteiger partial charge on any atom is 0.326 e. The maximum absolute atomic E-state index is 12.0. The number of carbonyl (C=O) groups excluding carboxylic acids is 1. The number of nitrogens with zero attached hydrogens (tertiary/aromatic N) is 2. The van der Waals surface area contributed by atoms with Crippen LogP contribution in [0.25, 0.3) is 0 Å². The SMILES string of the molecule is COC(=O)C1(N)CCCC1CCN1CCN(C2CC2)CC1.